The van der Waals surface area contributed by atoms with Crippen LogP contribution < -0.4 is 0 Å². The monoisotopic (exact) mass is 283 g/mol. The van der Waals surface area contributed by atoms with E-state index in [2.05, 4.69) is 15.1 Å². The fourth-order valence-electron chi connectivity index (χ4n) is 2.02. The zero-order valence-electron chi connectivity index (χ0n) is 11.7. The van der Waals surface area contributed by atoms with Gasteiger partial charge in [-0.25, -0.2) is 4.79 Å². The van der Waals surface area contributed by atoms with Crippen molar-refractivity contribution < 1.29 is 14.1 Å². The first-order valence-electron chi connectivity index (χ1n) is 6.45. The molecule has 0 fully saturated rings. The number of benzene rings is 1. The van der Waals surface area contributed by atoms with Gasteiger partial charge in [0, 0.05) is 12.4 Å². The van der Waals surface area contributed by atoms with Gasteiger partial charge in [0.25, 0.3) is 0 Å². The molecule has 0 saturated carbocycles. The summed E-state index contributed by atoms with van der Waals surface area (Å²) in [6.07, 6.45) is 3.19. The summed E-state index contributed by atoms with van der Waals surface area (Å²) in [6.45, 7) is 3.73. The number of hydrogen-bond acceptors (Lipinski definition) is 6. The quantitative estimate of drug-likeness (QED) is 0.687. The van der Waals surface area contributed by atoms with Crippen LogP contribution in [0, 0.1) is 13.8 Å². The summed E-state index contributed by atoms with van der Waals surface area (Å²) < 4.78 is 10.3. The molecular formula is C15H13N3O3. The van der Waals surface area contributed by atoms with Crippen LogP contribution in [0.5, 0.6) is 0 Å². The molecule has 2 heterocycles. The van der Waals surface area contributed by atoms with Gasteiger partial charge in [0.05, 0.1) is 27.9 Å². The minimum Gasteiger partial charge on any atom is -0.457 e. The maximum Gasteiger partial charge on any atom is 0.338 e. The summed E-state index contributed by atoms with van der Waals surface area (Å²) in [5.41, 5.74) is 3.35. The van der Waals surface area contributed by atoms with E-state index in [1.165, 1.54) is 0 Å². The largest absolute Gasteiger partial charge is 0.457 e. The highest BCUT2D eigenvalue weighted by Crippen LogP contribution is 2.16. The lowest BCUT2D eigenvalue weighted by molar-refractivity contribution is 0.0471. The number of aromatic nitrogens is 3. The Hall–Kier alpha value is -2.76. The molecule has 0 saturated heterocycles. The van der Waals surface area contributed by atoms with Crippen LogP contribution in [0.4, 0.5) is 0 Å². The second kappa shape index (κ2) is 5.32. The molecule has 2 aromatic heterocycles. The number of carbonyl (C=O) groups excluding carboxylic acids is 1. The predicted octanol–water partition coefficient (Wildman–Crippen LogP) is 2.59. The Morgan fingerprint density at radius 2 is 1.95 bits per heavy atom. The van der Waals surface area contributed by atoms with E-state index in [1.807, 2.05) is 6.92 Å². The van der Waals surface area contributed by atoms with Crippen LogP contribution in [-0.4, -0.2) is 21.1 Å². The molecule has 6 nitrogen and oxygen atoms in total. The summed E-state index contributed by atoms with van der Waals surface area (Å²) >= 11 is 0. The number of hydrogen-bond donors (Lipinski definition) is 0. The van der Waals surface area contributed by atoms with E-state index in [0.29, 0.717) is 16.8 Å². The minimum absolute atomic E-state index is 0.137. The van der Waals surface area contributed by atoms with Gasteiger partial charge in [-0.1, -0.05) is 5.16 Å². The van der Waals surface area contributed by atoms with Gasteiger partial charge < -0.3 is 9.26 Å². The van der Waals surface area contributed by atoms with Crippen LogP contribution in [-0.2, 0) is 11.3 Å². The zero-order chi connectivity index (χ0) is 14.8. The molecule has 0 amide bonds. The van der Waals surface area contributed by atoms with Gasteiger partial charge in [-0.3, -0.25) is 9.97 Å². The molecule has 0 radical (unpaired) electrons. The molecule has 0 unspecified atom stereocenters. The summed E-state index contributed by atoms with van der Waals surface area (Å²) in [5.74, 6) is 0.243. The molecule has 0 spiro atoms. The van der Waals surface area contributed by atoms with Crippen molar-refractivity contribution in [3.63, 3.8) is 0 Å². The lowest BCUT2D eigenvalue weighted by Gasteiger charge is -2.05. The fraction of sp³-hybridized carbons (Fsp3) is 0.200. The van der Waals surface area contributed by atoms with Crippen molar-refractivity contribution in [3.8, 4) is 0 Å². The highest BCUT2D eigenvalue weighted by molar-refractivity contribution is 5.93. The number of ether oxygens (including phenoxy) is 1. The zero-order valence-corrected chi connectivity index (χ0v) is 11.7. The topological polar surface area (TPSA) is 78.1 Å². The van der Waals surface area contributed by atoms with Gasteiger partial charge in [-0.15, -0.1) is 0 Å². The van der Waals surface area contributed by atoms with Crippen molar-refractivity contribution in [2.75, 3.05) is 0 Å². The molecule has 21 heavy (non-hydrogen) atoms. The highest BCUT2D eigenvalue weighted by Gasteiger charge is 2.13. The van der Waals surface area contributed by atoms with E-state index in [0.717, 1.165) is 16.8 Å². The molecule has 6 heteroatoms. The lowest BCUT2D eigenvalue weighted by Crippen LogP contribution is -2.06. The number of rotatable bonds is 3. The predicted molar refractivity (Wildman–Crippen MR) is 74.6 cm³/mol. The Labute approximate surface area is 120 Å². The second-order valence-corrected chi connectivity index (χ2v) is 4.64. The van der Waals surface area contributed by atoms with Gasteiger partial charge in [-0.05, 0) is 32.0 Å². The molecule has 1 aromatic carbocycles. The number of nitrogens with zero attached hydrogens (tertiary/aromatic N) is 3. The third-order valence-corrected chi connectivity index (χ3v) is 3.23. The maximum absolute atomic E-state index is 12.1. The Bertz CT molecular complexity index is 791. The van der Waals surface area contributed by atoms with Crippen LogP contribution in [0.2, 0.25) is 0 Å². The summed E-state index contributed by atoms with van der Waals surface area (Å²) in [4.78, 5) is 20.4. The molecule has 0 bridgehead atoms. The SMILES string of the molecule is Cc1noc(C)c1COC(=O)c1ccc2nccnc2c1. The first kappa shape index (κ1) is 13.2. The molecule has 0 aliphatic carbocycles. The van der Waals surface area contributed by atoms with Crippen LogP contribution in [0.1, 0.15) is 27.4 Å². The van der Waals surface area contributed by atoms with Crippen molar-refractivity contribution in [2.24, 2.45) is 0 Å². The molecule has 0 atom stereocenters. The Morgan fingerprint density at radius 3 is 2.67 bits per heavy atom. The van der Waals surface area contributed by atoms with Crippen molar-refractivity contribution in [1.82, 2.24) is 15.1 Å². The van der Waals surface area contributed by atoms with Gasteiger partial charge in [0.15, 0.2) is 0 Å². The van der Waals surface area contributed by atoms with Crippen molar-refractivity contribution in [1.29, 1.82) is 0 Å². The molecular weight excluding hydrogens is 270 g/mol. The molecule has 0 aliphatic rings. The second-order valence-electron chi connectivity index (χ2n) is 4.64. The van der Waals surface area contributed by atoms with E-state index in [9.17, 15) is 4.79 Å². The van der Waals surface area contributed by atoms with Gasteiger partial charge >= 0.3 is 5.97 Å². The van der Waals surface area contributed by atoms with E-state index in [-0.39, 0.29) is 6.61 Å². The van der Waals surface area contributed by atoms with Gasteiger partial charge in [0.1, 0.15) is 12.4 Å². The summed E-state index contributed by atoms with van der Waals surface area (Å²) in [7, 11) is 0. The Morgan fingerprint density at radius 1 is 1.19 bits per heavy atom. The number of aryl methyl sites for hydroxylation is 2. The van der Waals surface area contributed by atoms with Gasteiger partial charge in [-0.2, -0.15) is 0 Å². The standard InChI is InChI=1S/C15H13N3O3/c1-9-12(10(2)21-18-9)8-20-15(19)11-3-4-13-14(7-11)17-6-5-16-13/h3-7H,8H2,1-2H3. The highest BCUT2D eigenvalue weighted by atomic mass is 16.5. The van der Waals surface area contributed by atoms with Crippen molar-refractivity contribution in [2.45, 2.75) is 20.5 Å². The summed E-state index contributed by atoms with van der Waals surface area (Å²) in [6, 6.07) is 5.08. The first-order chi connectivity index (χ1) is 10.1. The molecule has 0 aliphatic heterocycles. The molecule has 106 valence electrons. The number of carbonyl (C=O) groups is 1. The average Bonchev–Trinajstić information content (AvgIpc) is 2.83. The Kier molecular flexibility index (Phi) is 3.35. The number of fused-ring (bicyclic) bond motifs is 1. The van der Waals surface area contributed by atoms with E-state index in [1.54, 1.807) is 37.5 Å². The van der Waals surface area contributed by atoms with Crippen LogP contribution in [0.15, 0.2) is 35.1 Å². The fourth-order valence-corrected chi connectivity index (χ4v) is 2.02. The molecule has 3 aromatic rings. The van der Waals surface area contributed by atoms with Gasteiger partial charge in [0.2, 0.25) is 0 Å². The van der Waals surface area contributed by atoms with Crippen molar-refractivity contribution in [3.05, 3.63) is 53.2 Å². The van der Waals surface area contributed by atoms with Crippen LogP contribution in [0.25, 0.3) is 11.0 Å². The average molecular weight is 283 g/mol. The third kappa shape index (κ3) is 2.60. The Balaban J connectivity index is 1.78. The minimum atomic E-state index is -0.414. The molecule has 3 rings (SSSR count). The normalized spacial score (nSPS) is 10.8. The van der Waals surface area contributed by atoms with E-state index in [4.69, 9.17) is 9.26 Å². The third-order valence-electron chi connectivity index (χ3n) is 3.23. The smallest absolute Gasteiger partial charge is 0.338 e. The van der Waals surface area contributed by atoms with E-state index < -0.39 is 5.97 Å². The first-order valence-corrected chi connectivity index (χ1v) is 6.45. The summed E-state index contributed by atoms with van der Waals surface area (Å²) in [5, 5.41) is 3.82. The van der Waals surface area contributed by atoms with Crippen LogP contribution >= 0.6 is 0 Å². The van der Waals surface area contributed by atoms with Crippen molar-refractivity contribution >= 4 is 17.0 Å². The van der Waals surface area contributed by atoms with Crippen LogP contribution in [0.3, 0.4) is 0 Å². The number of esters is 1. The lowest BCUT2D eigenvalue weighted by atomic mass is 10.2. The maximum atomic E-state index is 12.1. The molecule has 0 N–H and O–H groups in total. The van der Waals surface area contributed by atoms with E-state index >= 15 is 0 Å².